The van der Waals surface area contributed by atoms with Gasteiger partial charge < -0.3 is 9.67 Å². The highest BCUT2D eigenvalue weighted by molar-refractivity contribution is 5.79. The van der Waals surface area contributed by atoms with Crippen LogP contribution in [0.15, 0.2) is 11.1 Å². The molecule has 2 aromatic heterocycles. The molecule has 1 N–H and O–H groups in total. The van der Waals surface area contributed by atoms with Crippen molar-refractivity contribution in [2.45, 2.75) is 6.92 Å². The molecule has 0 amide bonds. The van der Waals surface area contributed by atoms with Crippen molar-refractivity contribution in [1.29, 1.82) is 0 Å². The highest BCUT2D eigenvalue weighted by atomic mass is 16.3. The van der Waals surface area contributed by atoms with Crippen LogP contribution < -0.4 is 5.56 Å². The van der Waals surface area contributed by atoms with Gasteiger partial charge in [-0.25, -0.2) is 4.98 Å². The van der Waals surface area contributed by atoms with Crippen LogP contribution in [0.3, 0.4) is 0 Å². The summed E-state index contributed by atoms with van der Waals surface area (Å²) in [6.45, 7) is 1.74. The van der Waals surface area contributed by atoms with Crippen molar-refractivity contribution < 1.29 is 5.11 Å². The summed E-state index contributed by atoms with van der Waals surface area (Å²) in [5.41, 5.74) is 1.47. The van der Waals surface area contributed by atoms with E-state index in [-0.39, 0.29) is 11.4 Å². The first kappa shape index (κ1) is 8.80. The maximum atomic E-state index is 11.7. The van der Waals surface area contributed by atoms with E-state index >= 15 is 0 Å². The lowest BCUT2D eigenvalue weighted by molar-refractivity contribution is 0.420. The summed E-state index contributed by atoms with van der Waals surface area (Å²) in [6.07, 6.45) is 1.57. The molecule has 0 aliphatic carbocycles. The van der Waals surface area contributed by atoms with Crippen molar-refractivity contribution in [2.75, 3.05) is 0 Å². The Bertz CT molecular complexity index is 565. The molecule has 2 heterocycles. The number of aromatic hydroxyl groups is 1. The normalized spacial score (nSPS) is 11.1. The Balaban J connectivity index is 3.14. The fourth-order valence-corrected chi connectivity index (χ4v) is 1.57. The van der Waals surface area contributed by atoms with Crippen LogP contribution in [-0.4, -0.2) is 19.2 Å². The molecule has 0 aliphatic heterocycles. The van der Waals surface area contributed by atoms with E-state index in [0.29, 0.717) is 16.6 Å². The van der Waals surface area contributed by atoms with Gasteiger partial charge >= 0.3 is 0 Å². The minimum atomic E-state index is -0.233. The van der Waals surface area contributed by atoms with Gasteiger partial charge in [-0.15, -0.1) is 0 Å². The van der Waals surface area contributed by atoms with E-state index in [9.17, 15) is 9.90 Å². The van der Waals surface area contributed by atoms with Gasteiger partial charge in [-0.1, -0.05) is 0 Å². The van der Waals surface area contributed by atoms with Crippen molar-refractivity contribution in [1.82, 2.24) is 14.1 Å². The summed E-state index contributed by atoms with van der Waals surface area (Å²) in [4.78, 5) is 15.8. The van der Waals surface area contributed by atoms with E-state index in [1.807, 2.05) is 0 Å². The van der Waals surface area contributed by atoms with Gasteiger partial charge in [0.25, 0.3) is 5.56 Å². The molecule has 2 rings (SSSR count). The quantitative estimate of drug-likeness (QED) is 0.654. The fraction of sp³-hybridized carbons (Fsp3) is 0.333. The van der Waals surface area contributed by atoms with Crippen LogP contribution in [0.4, 0.5) is 0 Å². The van der Waals surface area contributed by atoms with Crippen LogP contribution in [-0.2, 0) is 14.1 Å². The zero-order valence-corrected chi connectivity index (χ0v) is 8.27. The summed E-state index contributed by atoms with van der Waals surface area (Å²) < 4.78 is 2.88. The van der Waals surface area contributed by atoms with Crippen LogP contribution >= 0.6 is 0 Å². The third-order valence-corrected chi connectivity index (χ3v) is 2.45. The highest BCUT2D eigenvalue weighted by Gasteiger charge is 2.13. The third kappa shape index (κ3) is 0.891. The standard InChI is InChI=1S/C9H11N3O2/c1-5-6-7(11(2)4-10-6)9(14)12(3)8(5)13/h4,13H,1-3H3. The number of hydrogen-bond donors (Lipinski definition) is 1. The molecule has 14 heavy (non-hydrogen) atoms. The number of imidazole rings is 1. The van der Waals surface area contributed by atoms with E-state index < -0.39 is 0 Å². The molecule has 0 aliphatic rings. The lowest BCUT2D eigenvalue weighted by Gasteiger charge is -2.05. The van der Waals surface area contributed by atoms with Gasteiger partial charge in [0.1, 0.15) is 11.0 Å². The van der Waals surface area contributed by atoms with Gasteiger partial charge in [-0.2, -0.15) is 0 Å². The fourth-order valence-electron chi connectivity index (χ4n) is 1.57. The summed E-state index contributed by atoms with van der Waals surface area (Å²) in [5, 5.41) is 9.61. The molecular formula is C9H11N3O2. The lowest BCUT2D eigenvalue weighted by Crippen LogP contribution is -2.19. The molecule has 0 unspecified atom stereocenters. The maximum Gasteiger partial charge on any atom is 0.279 e. The number of aryl methyl sites for hydroxylation is 2. The van der Waals surface area contributed by atoms with Crippen molar-refractivity contribution in [3.63, 3.8) is 0 Å². The second kappa shape index (κ2) is 2.60. The van der Waals surface area contributed by atoms with Crippen LogP contribution in [0.1, 0.15) is 5.56 Å². The number of pyridine rings is 1. The molecule has 0 saturated heterocycles. The average Bonchev–Trinajstić information content (AvgIpc) is 2.54. The van der Waals surface area contributed by atoms with Crippen LogP contribution in [0.25, 0.3) is 11.0 Å². The Kier molecular flexibility index (Phi) is 1.64. The molecule has 0 spiro atoms. The van der Waals surface area contributed by atoms with Crippen molar-refractivity contribution >= 4 is 11.0 Å². The average molecular weight is 193 g/mol. The predicted octanol–water partition coefficient (Wildman–Crippen LogP) is 0.286. The minimum absolute atomic E-state index is 0.0267. The molecule has 74 valence electrons. The highest BCUT2D eigenvalue weighted by Crippen LogP contribution is 2.20. The van der Waals surface area contributed by atoms with E-state index in [1.165, 1.54) is 11.6 Å². The van der Waals surface area contributed by atoms with Crippen LogP contribution in [0.5, 0.6) is 5.88 Å². The molecule has 0 radical (unpaired) electrons. The van der Waals surface area contributed by atoms with Crippen LogP contribution in [0.2, 0.25) is 0 Å². The third-order valence-electron chi connectivity index (χ3n) is 2.45. The number of fused-ring (bicyclic) bond motifs is 1. The summed E-state index contributed by atoms with van der Waals surface area (Å²) in [5.74, 6) is -0.0267. The molecule has 2 aromatic rings. The zero-order valence-electron chi connectivity index (χ0n) is 8.27. The lowest BCUT2D eigenvalue weighted by atomic mass is 10.2. The van der Waals surface area contributed by atoms with Gasteiger partial charge in [-0.05, 0) is 6.92 Å². The number of hydrogen-bond acceptors (Lipinski definition) is 3. The topological polar surface area (TPSA) is 60.1 Å². The second-order valence-electron chi connectivity index (χ2n) is 3.37. The summed E-state index contributed by atoms with van der Waals surface area (Å²) >= 11 is 0. The first-order valence-electron chi connectivity index (χ1n) is 4.23. The Morgan fingerprint density at radius 3 is 2.71 bits per heavy atom. The maximum absolute atomic E-state index is 11.7. The van der Waals surface area contributed by atoms with Gasteiger partial charge in [0.2, 0.25) is 0 Å². The van der Waals surface area contributed by atoms with Gasteiger partial charge in [0.05, 0.1) is 6.33 Å². The molecule has 5 heteroatoms. The number of nitrogens with zero attached hydrogens (tertiary/aromatic N) is 3. The Labute approximate surface area is 80.2 Å². The predicted molar refractivity (Wildman–Crippen MR) is 52.4 cm³/mol. The van der Waals surface area contributed by atoms with E-state index in [1.54, 1.807) is 24.9 Å². The minimum Gasteiger partial charge on any atom is -0.494 e. The molecule has 5 nitrogen and oxygen atoms in total. The molecule has 0 bridgehead atoms. The van der Waals surface area contributed by atoms with Crippen molar-refractivity contribution in [2.24, 2.45) is 14.1 Å². The Hall–Kier alpha value is -1.78. The first-order valence-corrected chi connectivity index (χ1v) is 4.23. The van der Waals surface area contributed by atoms with Gasteiger partial charge in [0.15, 0.2) is 5.88 Å². The second-order valence-corrected chi connectivity index (χ2v) is 3.37. The first-order chi connectivity index (χ1) is 6.54. The van der Waals surface area contributed by atoms with E-state index in [0.717, 1.165) is 0 Å². The molecule has 0 aromatic carbocycles. The van der Waals surface area contributed by atoms with Gasteiger partial charge in [0, 0.05) is 19.7 Å². The summed E-state index contributed by atoms with van der Waals surface area (Å²) in [7, 11) is 3.30. The monoisotopic (exact) mass is 193 g/mol. The summed E-state index contributed by atoms with van der Waals surface area (Å²) in [6, 6.07) is 0. The van der Waals surface area contributed by atoms with Crippen molar-refractivity contribution in [3.05, 3.63) is 22.2 Å². The number of aromatic nitrogens is 3. The van der Waals surface area contributed by atoms with E-state index in [2.05, 4.69) is 4.98 Å². The van der Waals surface area contributed by atoms with Gasteiger partial charge in [-0.3, -0.25) is 9.36 Å². The molecule has 0 fully saturated rings. The zero-order chi connectivity index (χ0) is 10.5. The number of rotatable bonds is 0. The van der Waals surface area contributed by atoms with Crippen LogP contribution in [0, 0.1) is 6.92 Å². The Morgan fingerprint density at radius 2 is 2.07 bits per heavy atom. The largest absolute Gasteiger partial charge is 0.494 e. The molecule has 0 saturated carbocycles. The smallest absolute Gasteiger partial charge is 0.279 e. The van der Waals surface area contributed by atoms with E-state index in [4.69, 9.17) is 0 Å². The van der Waals surface area contributed by atoms with Crippen molar-refractivity contribution in [3.8, 4) is 5.88 Å². The molecule has 0 atom stereocenters. The molecular weight excluding hydrogens is 182 g/mol. The Morgan fingerprint density at radius 1 is 1.43 bits per heavy atom. The SMILES string of the molecule is Cc1c(O)n(C)c(=O)c2c1ncn2C.